The fraction of sp³-hybridized carbons (Fsp3) is 0.556. The third-order valence-electron chi connectivity index (χ3n) is 1.96. The Morgan fingerprint density at radius 3 is 2.44 bits per heavy atom. The van der Waals surface area contributed by atoms with Crippen LogP contribution in [0.1, 0.15) is 0 Å². The van der Waals surface area contributed by atoms with E-state index < -0.39 is 36.9 Å². The molecule has 0 aliphatic rings. The van der Waals surface area contributed by atoms with Crippen LogP contribution in [-0.2, 0) is 19.2 Å². The highest BCUT2D eigenvalue weighted by atomic mass is 32.1. The molecule has 0 fully saturated rings. The Labute approximate surface area is 109 Å². The molecule has 4 N–H and O–H groups in total. The van der Waals surface area contributed by atoms with Crippen LogP contribution in [0, 0.1) is 0 Å². The van der Waals surface area contributed by atoms with Gasteiger partial charge in [0.15, 0.2) is 0 Å². The van der Waals surface area contributed by atoms with Crippen LogP contribution in [0.5, 0.6) is 0 Å². The molecular weight excluding hydrogens is 262 g/mol. The van der Waals surface area contributed by atoms with E-state index in [1.165, 1.54) is 0 Å². The summed E-state index contributed by atoms with van der Waals surface area (Å²) in [5.41, 5.74) is 5.04. The molecule has 0 aliphatic carbocycles. The molecule has 0 unspecified atom stereocenters. The monoisotopic (exact) mass is 277 g/mol. The molecule has 0 aromatic carbocycles. The summed E-state index contributed by atoms with van der Waals surface area (Å²) < 4.78 is 0. The highest BCUT2D eigenvalue weighted by Crippen LogP contribution is 1.98. The minimum absolute atomic E-state index is 0.275. The molecule has 0 aliphatic heterocycles. The van der Waals surface area contributed by atoms with Gasteiger partial charge in [-0.15, -0.1) is 0 Å². The number of hydrogen-bond acceptors (Lipinski definition) is 7. The summed E-state index contributed by atoms with van der Waals surface area (Å²) in [7, 11) is 0. The summed E-state index contributed by atoms with van der Waals surface area (Å²) in [5.74, 6) is -2.52. The van der Waals surface area contributed by atoms with E-state index in [0.717, 1.165) is 0 Å². The van der Waals surface area contributed by atoms with Gasteiger partial charge in [-0.05, 0) is 0 Å². The van der Waals surface area contributed by atoms with Gasteiger partial charge in [0.25, 0.3) is 5.91 Å². The maximum absolute atomic E-state index is 11.8. The molecule has 0 saturated carbocycles. The van der Waals surface area contributed by atoms with Crippen molar-refractivity contribution in [2.45, 2.75) is 6.04 Å². The van der Waals surface area contributed by atoms with Gasteiger partial charge in [-0.2, -0.15) is 12.6 Å². The molecule has 0 spiro atoms. The normalized spacial score (nSPS) is 11.5. The highest BCUT2D eigenvalue weighted by molar-refractivity contribution is 7.81. The van der Waals surface area contributed by atoms with E-state index in [-0.39, 0.29) is 12.3 Å². The summed E-state index contributed by atoms with van der Waals surface area (Å²) in [6, 6.07) is -1.31. The Kier molecular flexibility index (Phi) is 7.92. The van der Waals surface area contributed by atoms with E-state index in [1.54, 1.807) is 0 Å². The van der Waals surface area contributed by atoms with Crippen molar-refractivity contribution in [3.63, 3.8) is 0 Å². The number of nitrogens with one attached hydrogen (secondary N) is 1. The zero-order chi connectivity index (χ0) is 14.1. The number of hydrogen-bond donors (Lipinski definition) is 4. The number of amides is 3. The van der Waals surface area contributed by atoms with Gasteiger partial charge in [-0.25, -0.2) is 0 Å². The third kappa shape index (κ3) is 4.82. The van der Waals surface area contributed by atoms with Crippen molar-refractivity contribution in [1.82, 2.24) is 10.2 Å². The van der Waals surface area contributed by atoms with Crippen molar-refractivity contribution in [2.24, 2.45) is 5.73 Å². The lowest BCUT2D eigenvalue weighted by molar-refractivity contribution is -0.147. The Balaban J connectivity index is 4.85. The summed E-state index contributed by atoms with van der Waals surface area (Å²) in [5, 5.41) is 11.1. The van der Waals surface area contributed by atoms with E-state index in [0.29, 0.717) is 11.2 Å². The van der Waals surface area contributed by atoms with E-state index >= 15 is 0 Å². The first-order valence-electron chi connectivity index (χ1n) is 5.00. The molecule has 0 radical (unpaired) electrons. The predicted molar refractivity (Wildman–Crippen MR) is 64.7 cm³/mol. The van der Waals surface area contributed by atoms with Crippen LogP contribution >= 0.6 is 12.6 Å². The van der Waals surface area contributed by atoms with Gasteiger partial charge < -0.3 is 21.0 Å². The quantitative estimate of drug-likeness (QED) is 0.288. The maximum atomic E-state index is 11.8. The van der Waals surface area contributed by atoms with Crippen molar-refractivity contribution in [1.29, 1.82) is 0 Å². The average molecular weight is 277 g/mol. The fourth-order valence-corrected chi connectivity index (χ4v) is 1.27. The first kappa shape index (κ1) is 16.6. The Morgan fingerprint density at radius 1 is 1.44 bits per heavy atom. The number of aldehydes is 1. The molecule has 8 nitrogen and oxygen atoms in total. The molecule has 0 aromatic rings. The first-order chi connectivity index (χ1) is 8.51. The third-order valence-corrected chi connectivity index (χ3v) is 2.23. The molecule has 18 heavy (non-hydrogen) atoms. The number of thiol groups is 1. The van der Waals surface area contributed by atoms with Gasteiger partial charge in [0.1, 0.15) is 12.3 Å². The number of aliphatic hydroxyl groups excluding tert-OH is 1. The number of carbonyl (C=O) groups excluding carboxylic acids is 4. The second-order valence-electron chi connectivity index (χ2n) is 3.17. The summed E-state index contributed by atoms with van der Waals surface area (Å²) >= 11 is 3.70. The number of nitrogens with zero attached hydrogens (tertiary/aromatic N) is 1. The average Bonchev–Trinajstić information content (AvgIpc) is 2.40. The van der Waals surface area contributed by atoms with Crippen molar-refractivity contribution in [3.8, 4) is 0 Å². The van der Waals surface area contributed by atoms with Crippen LogP contribution in [-0.4, -0.2) is 65.5 Å². The van der Waals surface area contributed by atoms with E-state index in [2.05, 4.69) is 17.9 Å². The van der Waals surface area contributed by atoms with Gasteiger partial charge in [-0.3, -0.25) is 19.3 Å². The smallest absolute Gasteiger partial charge is 0.254 e. The lowest BCUT2D eigenvalue weighted by Gasteiger charge is -2.23. The number of rotatable bonds is 7. The van der Waals surface area contributed by atoms with Gasteiger partial charge in [-0.1, -0.05) is 0 Å². The van der Waals surface area contributed by atoms with Crippen LogP contribution in [0.4, 0.5) is 0 Å². The molecule has 1 atom stereocenters. The van der Waals surface area contributed by atoms with Crippen molar-refractivity contribution in [3.05, 3.63) is 0 Å². The van der Waals surface area contributed by atoms with Gasteiger partial charge in [0.2, 0.25) is 11.8 Å². The standard InChI is InChI=1S/C9H15N3O5S/c10-3-7(15)11-6(4-14)9(17)12(1-2-13)8(16)5-18/h2,6,14,18H,1,3-5,10H2,(H,11,15)/t6-/m0/s1. The summed E-state index contributed by atoms with van der Waals surface area (Å²) in [6.07, 6.45) is 0.360. The molecule has 0 rings (SSSR count). The van der Waals surface area contributed by atoms with Crippen LogP contribution < -0.4 is 11.1 Å². The number of imide groups is 1. The zero-order valence-corrected chi connectivity index (χ0v) is 10.4. The molecule has 102 valence electrons. The Hall–Kier alpha value is -1.45. The zero-order valence-electron chi connectivity index (χ0n) is 9.54. The van der Waals surface area contributed by atoms with Gasteiger partial charge >= 0.3 is 0 Å². The highest BCUT2D eigenvalue weighted by Gasteiger charge is 2.28. The van der Waals surface area contributed by atoms with Gasteiger partial charge in [0, 0.05) is 0 Å². The number of aliphatic hydroxyl groups is 1. The molecule has 0 saturated heterocycles. The largest absolute Gasteiger partial charge is 0.394 e. The molecule has 3 amide bonds. The Bertz CT molecular complexity index is 336. The minimum Gasteiger partial charge on any atom is -0.394 e. The maximum Gasteiger partial charge on any atom is 0.254 e. The molecule has 0 bridgehead atoms. The lowest BCUT2D eigenvalue weighted by atomic mass is 10.2. The SMILES string of the molecule is NCC(=O)N[C@@H](CO)C(=O)N(CC=O)C(=O)CS. The van der Waals surface area contributed by atoms with E-state index in [1.807, 2.05) is 0 Å². The fourth-order valence-electron chi connectivity index (χ4n) is 1.10. The minimum atomic E-state index is -1.31. The summed E-state index contributed by atoms with van der Waals surface area (Å²) in [4.78, 5) is 45.2. The predicted octanol–water partition coefficient (Wildman–Crippen LogP) is -3.09. The topological polar surface area (TPSA) is 130 Å². The second-order valence-corrected chi connectivity index (χ2v) is 3.49. The molecular formula is C9H15N3O5S. The van der Waals surface area contributed by atoms with Crippen molar-refractivity contribution >= 4 is 36.6 Å². The van der Waals surface area contributed by atoms with Crippen LogP contribution in [0.3, 0.4) is 0 Å². The molecule has 9 heteroatoms. The van der Waals surface area contributed by atoms with Crippen LogP contribution in [0.25, 0.3) is 0 Å². The van der Waals surface area contributed by atoms with E-state index in [9.17, 15) is 19.2 Å². The van der Waals surface area contributed by atoms with Gasteiger partial charge in [0.05, 0.1) is 25.4 Å². The molecule has 0 aromatic heterocycles. The van der Waals surface area contributed by atoms with Crippen LogP contribution in [0.2, 0.25) is 0 Å². The number of nitrogens with two attached hydrogens (primary N) is 1. The van der Waals surface area contributed by atoms with Crippen molar-refractivity contribution < 1.29 is 24.3 Å². The van der Waals surface area contributed by atoms with E-state index in [4.69, 9.17) is 10.8 Å². The number of carbonyl (C=O) groups is 4. The van der Waals surface area contributed by atoms with Crippen LogP contribution in [0.15, 0.2) is 0 Å². The first-order valence-corrected chi connectivity index (χ1v) is 5.64. The second kappa shape index (κ2) is 8.61. The Morgan fingerprint density at radius 2 is 2.06 bits per heavy atom. The molecule has 0 heterocycles. The summed E-state index contributed by atoms with van der Waals surface area (Å²) in [6.45, 7) is -1.54. The lowest BCUT2D eigenvalue weighted by Crippen LogP contribution is -2.54. The van der Waals surface area contributed by atoms with Crippen molar-refractivity contribution in [2.75, 3.05) is 25.4 Å².